The predicted molar refractivity (Wildman–Crippen MR) is 71.6 cm³/mol. The van der Waals surface area contributed by atoms with Crippen LogP contribution in [0, 0.1) is 6.92 Å². The lowest BCUT2D eigenvalue weighted by atomic mass is 10.2. The summed E-state index contributed by atoms with van der Waals surface area (Å²) in [6.07, 6.45) is 0. The lowest BCUT2D eigenvalue weighted by Crippen LogP contribution is -2.21. The van der Waals surface area contributed by atoms with Crippen LogP contribution in [0.15, 0.2) is 29.6 Å². The molecule has 0 amide bonds. The van der Waals surface area contributed by atoms with Crippen LogP contribution in [-0.2, 0) is 11.3 Å². The van der Waals surface area contributed by atoms with Crippen molar-refractivity contribution in [1.29, 1.82) is 0 Å². The molecule has 0 unspecified atom stereocenters. The first kappa shape index (κ1) is 12.7. The second kappa shape index (κ2) is 5.75. The molecule has 0 bridgehead atoms. The van der Waals surface area contributed by atoms with E-state index < -0.39 is 5.97 Å². The molecule has 0 spiro atoms. The molecule has 0 aliphatic heterocycles. The predicted octanol–water partition coefficient (Wildman–Crippen LogP) is 2.29. The number of hydrogen-bond acceptors (Lipinski definition) is 4. The van der Waals surface area contributed by atoms with Crippen molar-refractivity contribution in [2.24, 2.45) is 0 Å². The number of nitrogens with zero attached hydrogens (tertiary/aromatic N) is 1. The van der Waals surface area contributed by atoms with Crippen molar-refractivity contribution in [3.05, 3.63) is 40.9 Å². The number of rotatable bonds is 5. The first-order valence-electron chi connectivity index (χ1n) is 5.59. The Morgan fingerprint density at radius 2 is 2.11 bits per heavy atom. The van der Waals surface area contributed by atoms with Gasteiger partial charge in [-0.3, -0.25) is 4.79 Å². The maximum absolute atomic E-state index is 10.4. The third-order valence-electron chi connectivity index (χ3n) is 2.43. The molecular formula is C13H14N2O2S. The SMILES string of the molecule is Cc1ccc(-c2nc(CNCC(=O)O)cs2)cc1. The summed E-state index contributed by atoms with van der Waals surface area (Å²) < 4.78 is 0. The van der Waals surface area contributed by atoms with Gasteiger partial charge in [-0.05, 0) is 6.92 Å². The molecule has 2 aromatic rings. The Kier molecular flexibility index (Phi) is 4.07. The van der Waals surface area contributed by atoms with Gasteiger partial charge in [0.05, 0.1) is 12.2 Å². The van der Waals surface area contributed by atoms with Crippen LogP contribution < -0.4 is 5.32 Å². The highest BCUT2D eigenvalue weighted by Gasteiger charge is 2.05. The topological polar surface area (TPSA) is 62.2 Å². The van der Waals surface area contributed by atoms with Crippen molar-refractivity contribution in [1.82, 2.24) is 10.3 Å². The van der Waals surface area contributed by atoms with Gasteiger partial charge < -0.3 is 10.4 Å². The van der Waals surface area contributed by atoms with Crippen molar-refractivity contribution < 1.29 is 9.90 Å². The van der Waals surface area contributed by atoms with Gasteiger partial charge in [-0.15, -0.1) is 11.3 Å². The summed E-state index contributed by atoms with van der Waals surface area (Å²) in [7, 11) is 0. The summed E-state index contributed by atoms with van der Waals surface area (Å²) in [6.45, 7) is 2.49. The average Bonchev–Trinajstić information content (AvgIpc) is 2.78. The van der Waals surface area contributed by atoms with Gasteiger partial charge in [-0.1, -0.05) is 29.8 Å². The molecule has 4 nitrogen and oxygen atoms in total. The smallest absolute Gasteiger partial charge is 0.317 e. The summed E-state index contributed by atoms with van der Waals surface area (Å²) in [6, 6.07) is 8.20. The van der Waals surface area contributed by atoms with Crippen LogP contribution in [0.1, 0.15) is 11.3 Å². The molecular weight excluding hydrogens is 248 g/mol. The van der Waals surface area contributed by atoms with E-state index in [-0.39, 0.29) is 6.54 Å². The number of thiazole rings is 1. The van der Waals surface area contributed by atoms with Crippen molar-refractivity contribution in [2.45, 2.75) is 13.5 Å². The standard InChI is InChI=1S/C13H14N2O2S/c1-9-2-4-10(5-3-9)13-15-11(8-18-13)6-14-7-12(16)17/h2-5,8,14H,6-7H2,1H3,(H,16,17). The molecule has 1 aromatic carbocycles. The van der Waals surface area contributed by atoms with Crippen LogP contribution in [0.5, 0.6) is 0 Å². The summed E-state index contributed by atoms with van der Waals surface area (Å²) in [4.78, 5) is 14.8. The molecule has 0 aliphatic carbocycles. The van der Waals surface area contributed by atoms with E-state index in [1.807, 2.05) is 24.4 Å². The maximum atomic E-state index is 10.4. The number of hydrogen-bond donors (Lipinski definition) is 2. The number of nitrogens with one attached hydrogen (secondary N) is 1. The molecule has 18 heavy (non-hydrogen) atoms. The van der Waals surface area contributed by atoms with E-state index in [9.17, 15) is 4.79 Å². The van der Waals surface area contributed by atoms with Crippen LogP contribution in [0.4, 0.5) is 0 Å². The van der Waals surface area contributed by atoms with Gasteiger partial charge in [-0.2, -0.15) is 0 Å². The van der Waals surface area contributed by atoms with E-state index in [2.05, 4.69) is 22.4 Å². The number of carboxylic acids is 1. The Balaban J connectivity index is 2.01. The minimum atomic E-state index is -0.857. The Labute approximate surface area is 109 Å². The molecule has 0 saturated carbocycles. The largest absolute Gasteiger partial charge is 0.480 e. The van der Waals surface area contributed by atoms with E-state index >= 15 is 0 Å². The average molecular weight is 262 g/mol. The fraction of sp³-hybridized carbons (Fsp3) is 0.231. The van der Waals surface area contributed by atoms with Gasteiger partial charge in [0.25, 0.3) is 0 Å². The zero-order valence-electron chi connectivity index (χ0n) is 10.0. The fourth-order valence-electron chi connectivity index (χ4n) is 1.51. The van der Waals surface area contributed by atoms with E-state index in [1.54, 1.807) is 11.3 Å². The van der Waals surface area contributed by atoms with Crippen LogP contribution in [0.3, 0.4) is 0 Å². The normalized spacial score (nSPS) is 10.5. The van der Waals surface area contributed by atoms with Crippen molar-refractivity contribution in [3.8, 4) is 10.6 Å². The van der Waals surface area contributed by atoms with Crippen LogP contribution in [0.2, 0.25) is 0 Å². The number of benzene rings is 1. The van der Waals surface area contributed by atoms with E-state index in [0.717, 1.165) is 16.3 Å². The number of carboxylic acid groups (broad SMARTS) is 1. The second-order valence-electron chi connectivity index (χ2n) is 4.01. The van der Waals surface area contributed by atoms with E-state index in [1.165, 1.54) is 5.56 Å². The fourth-order valence-corrected chi connectivity index (χ4v) is 2.34. The molecule has 1 aromatic heterocycles. The Hall–Kier alpha value is -1.72. The zero-order chi connectivity index (χ0) is 13.0. The molecule has 0 aliphatic rings. The highest BCUT2D eigenvalue weighted by molar-refractivity contribution is 7.13. The highest BCUT2D eigenvalue weighted by Crippen LogP contribution is 2.23. The van der Waals surface area contributed by atoms with Crippen LogP contribution >= 0.6 is 11.3 Å². The molecule has 5 heteroatoms. The number of aryl methyl sites for hydroxylation is 1. The highest BCUT2D eigenvalue weighted by atomic mass is 32.1. The Morgan fingerprint density at radius 1 is 1.39 bits per heavy atom. The minimum absolute atomic E-state index is 0.0443. The second-order valence-corrected chi connectivity index (χ2v) is 4.87. The number of aliphatic carboxylic acids is 1. The van der Waals surface area contributed by atoms with Gasteiger partial charge in [0.2, 0.25) is 0 Å². The first-order chi connectivity index (χ1) is 8.65. The molecule has 0 radical (unpaired) electrons. The monoisotopic (exact) mass is 262 g/mol. The molecule has 0 atom stereocenters. The Morgan fingerprint density at radius 3 is 2.78 bits per heavy atom. The quantitative estimate of drug-likeness (QED) is 0.868. The van der Waals surface area contributed by atoms with Gasteiger partial charge >= 0.3 is 5.97 Å². The third-order valence-corrected chi connectivity index (χ3v) is 3.37. The maximum Gasteiger partial charge on any atom is 0.317 e. The van der Waals surface area contributed by atoms with E-state index in [0.29, 0.717) is 6.54 Å². The summed E-state index contributed by atoms with van der Waals surface area (Å²) in [5.74, 6) is -0.857. The van der Waals surface area contributed by atoms with Gasteiger partial charge in [-0.25, -0.2) is 4.98 Å². The molecule has 1 heterocycles. The summed E-state index contributed by atoms with van der Waals surface area (Å²) >= 11 is 1.57. The van der Waals surface area contributed by atoms with Crippen LogP contribution in [0.25, 0.3) is 10.6 Å². The van der Waals surface area contributed by atoms with Crippen molar-refractivity contribution in [3.63, 3.8) is 0 Å². The lowest BCUT2D eigenvalue weighted by Gasteiger charge is -1.98. The lowest BCUT2D eigenvalue weighted by molar-refractivity contribution is -0.135. The first-order valence-corrected chi connectivity index (χ1v) is 6.47. The molecule has 2 rings (SSSR count). The number of aromatic nitrogens is 1. The Bertz CT molecular complexity index is 534. The third kappa shape index (κ3) is 3.38. The van der Waals surface area contributed by atoms with Crippen molar-refractivity contribution in [2.75, 3.05) is 6.54 Å². The zero-order valence-corrected chi connectivity index (χ0v) is 10.8. The van der Waals surface area contributed by atoms with Gasteiger partial charge in [0.15, 0.2) is 0 Å². The van der Waals surface area contributed by atoms with Crippen LogP contribution in [-0.4, -0.2) is 22.6 Å². The molecule has 2 N–H and O–H groups in total. The minimum Gasteiger partial charge on any atom is -0.480 e. The summed E-state index contributed by atoms with van der Waals surface area (Å²) in [5.41, 5.74) is 3.19. The molecule has 0 saturated heterocycles. The van der Waals surface area contributed by atoms with Gasteiger partial charge in [0, 0.05) is 17.5 Å². The van der Waals surface area contributed by atoms with Gasteiger partial charge in [0.1, 0.15) is 5.01 Å². The number of carbonyl (C=O) groups is 1. The molecule has 0 fully saturated rings. The van der Waals surface area contributed by atoms with Crippen molar-refractivity contribution >= 4 is 17.3 Å². The summed E-state index contributed by atoms with van der Waals surface area (Å²) in [5, 5.41) is 14.2. The molecule has 94 valence electrons. The van der Waals surface area contributed by atoms with E-state index in [4.69, 9.17) is 5.11 Å².